The molecule has 0 saturated heterocycles. The summed E-state index contributed by atoms with van der Waals surface area (Å²) in [5.74, 6) is -0.159. The maximum absolute atomic E-state index is 10.4. The van der Waals surface area contributed by atoms with Crippen LogP contribution >= 0.6 is 0 Å². The van der Waals surface area contributed by atoms with Crippen molar-refractivity contribution in [2.24, 2.45) is 0 Å². The number of hydrogen-bond donors (Lipinski definition) is 0. The SMILES string of the molecule is CCCCCCCCCCOC(C)=O.[H-].[K+]. The van der Waals surface area contributed by atoms with Gasteiger partial charge in [0.25, 0.3) is 0 Å². The number of carbonyl (C=O) groups excluding carboxylic acids is 1. The molecule has 0 radical (unpaired) electrons. The van der Waals surface area contributed by atoms with Crippen LogP contribution in [0.1, 0.15) is 66.6 Å². The topological polar surface area (TPSA) is 26.3 Å². The smallest absolute Gasteiger partial charge is 1.00 e. The van der Waals surface area contributed by atoms with Crippen LogP contribution in [0.25, 0.3) is 0 Å². The predicted molar refractivity (Wildman–Crippen MR) is 60.4 cm³/mol. The van der Waals surface area contributed by atoms with E-state index in [2.05, 4.69) is 6.92 Å². The Morgan fingerprint density at radius 2 is 1.47 bits per heavy atom. The van der Waals surface area contributed by atoms with E-state index < -0.39 is 0 Å². The van der Waals surface area contributed by atoms with E-state index in [9.17, 15) is 4.79 Å². The second-order valence-corrected chi connectivity index (χ2v) is 3.81. The Labute approximate surface area is 138 Å². The van der Waals surface area contributed by atoms with Crippen molar-refractivity contribution in [3.63, 3.8) is 0 Å². The van der Waals surface area contributed by atoms with Gasteiger partial charge in [-0.1, -0.05) is 51.9 Å². The fourth-order valence-electron chi connectivity index (χ4n) is 1.45. The Hall–Kier alpha value is 1.11. The molecule has 0 aliphatic heterocycles. The first-order valence-corrected chi connectivity index (χ1v) is 5.90. The Morgan fingerprint density at radius 3 is 1.93 bits per heavy atom. The average Bonchev–Trinajstić information content (AvgIpc) is 2.15. The van der Waals surface area contributed by atoms with Gasteiger partial charge in [0.15, 0.2) is 0 Å². The van der Waals surface area contributed by atoms with Crippen molar-refractivity contribution in [3.8, 4) is 0 Å². The molecule has 15 heavy (non-hydrogen) atoms. The van der Waals surface area contributed by atoms with Gasteiger partial charge in [-0.05, 0) is 6.42 Å². The molecule has 0 bridgehead atoms. The summed E-state index contributed by atoms with van der Waals surface area (Å²) in [6.45, 7) is 4.30. The second-order valence-electron chi connectivity index (χ2n) is 3.81. The molecule has 0 N–H and O–H groups in total. The van der Waals surface area contributed by atoms with Gasteiger partial charge in [0.05, 0.1) is 6.61 Å². The van der Waals surface area contributed by atoms with Crippen LogP contribution < -0.4 is 51.4 Å². The van der Waals surface area contributed by atoms with Crippen LogP contribution in [0.15, 0.2) is 0 Å². The first-order valence-electron chi connectivity index (χ1n) is 5.90. The van der Waals surface area contributed by atoms with E-state index in [-0.39, 0.29) is 58.8 Å². The van der Waals surface area contributed by atoms with E-state index in [1.54, 1.807) is 0 Å². The third-order valence-electron chi connectivity index (χ3n) is 2.30. The van der Waals surface area contributed by atoms with Gasteiger partial charge < -0.3 is 6.16 Å². The van der Waals surface area contributed by atoms with Gasteiger partial charge in [-0.15, -0.1) is 0 Å². The molecular formula is C12H25KO2. The minimum Gasteiger partial charge on any atom is -1.00 e. The van der Waals surface area contributed by atoms with Crippen molar-refractivity contribution in [2.45, 2.75) is 65.2 Å². The summed E-state index contributed by atoms with van der Waals surface area (Å²) >= 11 is 0. The van der Waals surface area contributed by atoms with E-state index >= 15 is 0 Å². The maximum atomic E-state index is 10.4. The zero-order valence-electron chi connectivity index (χ0n) is 11.7. The molecule has 0 atom stereocenters. The minimum absolute atomic E-state index is 0. The molecule has 0 aromatic rings. The van der Waals surface area contributed by atoms with Crippen molar-refractivity contribution in [1.82, 2.24) is 0 Å². The molecule has 86 valence electrons. The average molecular weight is 240 g/mol. The number of rotatable bonds is 9. The molecule has 0 amide bonds. The van der Waals surface area contributed by atoms with Gasteiger partial charge in [-0.25, -0.2) is 0 Å². The number of carbonyl (C=O) groups is 1. The maximum Gasteiger partial charge on any atom is 1.00 e. The fraction of sp³-hybridized carbons (Fsp3) is 0.917. The zero-order chi connectivity index (χ0) is 10.6. The number of unbranched alkanes of at least 4 members (excludes halogenated alkanes) is 7. The molecule has 0 aliphatic rings. The van der Waals surface area contributed by atoms with Crippen LogP contribution in [-0.4, -0.2) is 12.6 Å². The molecule has 0 aliphatic carbocycles. The third-order valence-corrected chi connectivity index (χ3v) is 2.30. The molecule has 3 heteroatoms. The van der Waals surface area contributed by atoms with Gasteiger partial charge in [-0.3, -0.25) is 4.79 Å². The van der Waals surface area contributed by atoms with Crippen LogP contribution in [0.4, 0.5) is 0 Å². The van der Waals surface area contributed by atoms with Crippen molar-refractivity contribution in [3.05, 3.63) is 0 Å². The van der Waals surface area contributed by atoms with Crippen molar-refractivity contribution >= 4 is 5.97 Å². The predicted octanol–water partition coefficient (Wildman–Crippen LogP) is 0.807. The van der Waals surface area contributed by atoms with E-state index in [4.69, 9.17) is 4.74 Å². The van der Waals surface area contributed by atoms with Gasteiger partial charge in [0.2, 0.25) is 0 Å². The summed E-state index contributed by atoms with van der Waals surface area (Å²) < 4.78 is 4.85. The van der Waals surface area contributed by atoms with Crippen LogP contribution in [0.2, 0.25) is 0 Å². The Bertz CT molecular complexity index is 143. The van der Waals surface area contributed by atoms with Crippen molar-refractivity contribution < 1.29 is 62.3 Å². The Morgan fingerprint density at radius 1 is 1.00 bits per heavy atom. The van der Waals surface area contributed by atoms with E-state index in [1.807, 2.05) is 0 Å². The molecule has 0 saturated carbocycles. The molecule has 0 rings (SSSR count). The van der Waals surface area contributed by atoms with Crippen LogP contribution in [0.3, 0.4) is 0 Å². The molecule has 0 aromatic heterocycles. The van der Waals surface area contributed by atoms with Crippen molar-refractivity contribution in [2.75, 3.05) is 6.61 Å². The van der Waals surface area contributed by atoms with Gasteiger partial charge in [-0.2, -0.15) is 0 Å². The van der Waals surface area contributed by atoms with E-state index in [0.29, 0.717) is 6.61 Å². The second kappa shape index (κ2) is 15.1. The molecule has 0 fully saturated rings. The minimum atomic E-state index is -0.159. The van der Waals surface area contributed by atoms with Crippen LogP contribution in [0.5, 0.6) is 0 Å². The molecule has 0 heterocycles. The van der Waals surface area contributed by atoms with E-state index in [1.165, 1.54) is 51.9 Å². The summed E-state index contributed by atoms with van der Waals surface area (Å²) in [5.41, 5.74) is 0. The zero-order valence-corrected chi connectivity index (χ0v) is 13.8. The quantitative estimate of drug-likeness (QED) is 0.339. The molecule has 0 spiro atoms. The summed E-state index contributed by atoms with van der Waals surface area (Å²) in [6.07, 6.45) is 10.2. The van der Waals surface area contributed by atoms with Gasteiger partial charge in [0, 0.05) is 6.92 Å². The molecular weight excluding hydrogens is 215 g/mol. The fourth-order valence-corrected chi connectivity index (χ4v) is 1.45. The largest absolute Gasteiger partial charge is 1.00 e. The normalized spacial score (nSPS) is 9.47. The molecule has 2 nitrogen and oxygen atoms in total. The van der Waals surface area contributed by atoms with Crippen LogP contribution in [0, 0.1) is 0 Å². The number of ether oxygens (including phenoxy) is 1. The summed E-state index contributed by atoms with van der Waals surface area (Å²) in [7, 11) is 0. The Balaban J connectivity index is -0.000000845. The first-order chi connectivity index (χ1) is 6.77. The summed E-state index contributed by atoms with van der Waals surface area (Å²) in [6, 6.07) is 0. The third kappa shape index (κ3) is 17.7. The molecule has 0 aromatic carbocycles. The van der Waals surface area contributed by atoms with Crippen LogP contribution in [-0.2, 0) is 9.53 Å². The standard InChI is InChI=1S/C12H24O2.K.H/c1-3-4-5-6-7-8-9-10-11-14-12(2)13;;/h3-11H2,1-2H3;;/q;+1;-1. The number of esters is 1. The molecule has 0 unspecified atom stereocenters. The monoisotopic (exact) mass is 240 g/mol. The summed E-state index contributed by atoms with van der Waals surface area (Å²) in [4.78, 5) is 10.4. The van der Waals surface area contributed by atoms with Gasteiger partial charge >= 0.3 is 57.4 Å². The summed E-state index contributed by atoms with van der Waals surface area (Å²) in [5, 5.41) is 0. The van der Waals surface area contributed by atoms with E-state index in [0.717, 1.165) is 6.42 Å². The number of hydrogen-bond acceptors (Lipinski definition) is 2. The van der Waals surface area contributed by atoms with Crippen molar-refractivity contribution in [1.29, 1.82) is 0 Å². The first kappa shape index (κ1) is 18.5. The van der Waals surface area contributed by atoms with Gasteiger partial charge in [0.1, 0.15) is 0 Å². The Kier molecular flexibility index (Phi) is 18.6.